The number of thiazole rings is 1. The van der Waals surface area contributed by atoms with Gasteiger partial charge in [-0.15, -0.1) is 11.3 Å². The molecule has 3 rings (SSSR count). The molecule has 3 aromatic rings. The van der Waals surface area contributed by atoms with Crippen molar-refractivity contribution in [1.29, 1.82) is 0 Å². The molecule has 0 fully saturated rings. The topological polar surface area (TPSA) is 69.0 Å². The zero-order valence-electron chi connectivity index (χ0n) is 12.2. The maximum absolute atomic E-state index is 12.1. The Morgan fingerprint density at radius 2 is 2.17 bits per heavy atom. The van der Waals surface area contributed by atoms with E-state index in [-0.39, 0.29) is 5.91 Å². The van der Waals surface area contributed by atoms with Crippen molar-refractivity contribution >= 4 is 34.5 Å². The Bertz CT molecular complexity index is 813. The van der Waals surface area contributed by atoms with Gasteiger partial charge in [-0.05, 0) is 24.3 Å². The number of anilines is 1. The number of rotatable bonds is 5. The van der Waals surface area contributed by atoms with E-state index in [4.69, 9.17) is 16.3 Å². The highest BCUT2D eigenvalue weighted by molar-refractivity contribution is 7.09. The minimum atomic E-state index is -0.271. The summed E-state index contributed by atoms with van der Waals surface area (Å²) in [6.45, 7) is 0.298. The summed E-state index contributed by atoms with van der Waals surface area (Å²) >= 11 is 7.19. The third kappa shape index (κ3) is 4.08. The molecule has 0 bridgehead atoms. The van der Waals surface area contributed by atoms with Crippen LogP contribution in [0, 0.1) is 0 Å². The van der Waals surface area contributed by atoms with E-state index in [1.165, 1.54) is 11.3 Å². The first-order valence-electron chi connectivity index (χ1n) is 6.73. The quantitative estimate of drug-likeness (QED) is 0.767. The number of benzene rings is 1. The summed E-state index contributed by atoms with van der Waals surface area (Å²) < 4.78 is 7.22. The fraction of sp³-hybridized carbons (Fsp3) is 0.133. The number of nitrogens with zero attached hydrogens (tertiary/aromatic N) is 3. The van der Waals surface area contributed by atoms with Gasteiger partial charge in [0.25, 0.3) is 5.91 Å². The number of amides is 1. The number of carbonyl (C=O) groups excluding carboxylic acids is 1. The normalized spacial score (nSPS) is 10.5. The zero-order valence-corrected chi connectivity index (χ0v) is 13.8. The molecule has 8 heteroatoms. The van der Waals surface area contributed by atoms with Crippen LogP contribution in [0.15, 0.2) is 42.0 Å². The van der Waals surface area contributed by atoms with Crippen LogP contribution in [0.25, 0.3) is 0 Å². The van der Waals surface area contributed by atoms with Crippen molar-refractivity contribution < 1.29 is 9.53 Å². The van der Waals surface area contributed by atoms with Crippen molar-refractivity contribution in [2.24, 2.45) is 7.05 Å². The van der Waals surface area contributed by atoms with Crippen LogP contribution >= 0.6 is 22.9 Å². The third-order valence-corrected chi connectivity index (χ3v) is 4.00. The molecule has 6 nitrogen and oxygen atoms in total. The molecule has 0 aliphatic carbocycles. The summed E-state index contributed by atoms with van der Waals surface area (Å²) in [6, 6.07) is 7.08. The van der Waals surface area contributed by atoms with E-state index in [1.807, 2.05) is 0 Å². The van der Waals surface area contributed by atoms with Gasteiger partial charge in [0.2, 0.25) is 0 Å². The Balaban J connectivity index is 1.59. The Kier molecular flexibility index (Phi) is 4.59. The summed E-state index contributed by atoms with van der Waals surface area (Å²) in [5.41, 5.74) is 0.984. The number of halogens is 1. The second kappa shape index (κ2) is 6.80. The fourth-order valence-electron chi connectivity index (χ4n) is 1.84. The van der Waals surface area contributed by atoms with E-state index in [0.717, 1.165) is 5.01 Å². The summed E-state index contributed by atoms with van der Waals surface area (Å²) in [6.07, 6.45) is 3.30. The van der Waals surface area contributed by atoms with Crippen molar-refractivity contribution in [3.8, 4) is 5.75 Å². The predicted molar refractivity (Wildman–Crippen MR) is 89.1 cm³/mol. The molecular formula is C15H13ClN4O2S. The van der Waals surface area contributed by atoms with Crippen molar-refractivity contribution in [3.05, 3.63) is 57.8 Å². The van der Waals surface area contributed by atoms with Gasteiger partial charge in [0.1, 0.15) is 23.1 Å². The zero-order chi connectivity index (χ0) is 16.2. The van der Waals surface area contributed by atoms with Gasteiger partial charge in [-0.3, -0.25) is 9.48 Å². The first kappa shape index (κ1) is 15.5. The number of hydrogen-bond acceptors (Lipinski definition) is 5. The first-order chi connectivity index (χ1) is 11.1. The second-order valence-corrected chi connectivity index (χ2v) is 6.10. The van der Waals surface area contributed by atoms with Crippen molar-refractivity contribution in [2.45, 2.75) is 6.61 Å². The van der Waals surface area contributed by atoms with E-state index in [2.05, 4.69) is 15.4 Å². The highest BCUT2D eigenvalue weighted by Gasteiger charge is 2.12. The minimum Gasteiger partial charge on any atom is -0.486 e. The molecule has 0 saturated heterocycles. The highest BCUT2D eigenvalue weighted by Crippen LogP contribution is 2.18. The lowest BCUT2D eigenvalue weighted by molar-refractivity contribution is 0.102. The molecule has 0 aliphatic rings. The number of ether oxygens (including phenoxy) is 1. The van der Waals surface area contributed by atoms with E-state index < -0.39 is 0 Å². The van der Waals surface area contributed by atoms with Gasteiger partial charge in [-0.2, -0.15) is 5.10 Å². The molecule has 1 N–H and O–H groups in total. The molecule has 118 valence electrons. The summed E-state index contributed by atoms with van der Waals surface area (Å²) in [7, 11) is 1.78. The van der Waals surface area contributed by atoms with Crippen molar-refractivity contribution in [1.82, 2.24) is 14.8 Å². The SMILES string of the molecule is Cn1cc(NC(=O)c2csc(COc3ccc(Cl)cc3)n2)cn1. The molecule has 0 spiro atoms. The molecule has 0 radical (unpaired) electrons. The maximum atomic E-state index is 12.1. The van der Waals surface area contributed by atoms with Gasteiger partial charge < -0.3 is 10.1 Å². The Labute approximate surface area is 141 Å². The average Bonchev–Trinajstić information content (AvgIpc) is 3.16. The second-order valence-electron chi connectivity index (χ2n) is 4.73. The summed E-state index contributed by atoms with van der Waals surface area (Å²) in [4.78, 5) is 16.4. The maximum Gasteiger partial charge on any atom is 0.275 e. The standard InChI is InChI=1S/C15H13ClN4O2S/c1-20-7-11(6-17-20)18-15(21)13-9-23-14(19-13)8-22-12-4-2-10(16)3-5-12/h2-7,9H,8H2,1H3,(H,18,21). The van der Waals surface area contributed by atoms with Crippen LogP contribution in [-0.2, 0) is 13.7 Å². The number of aromatic nitrogens is 3. The van der Waals surface area contributed by atoms with Crippen molar-refractivity contribution in [3.63, 3.8) is 0 Å². The van der Waals surface area contributed by atoms with Crippen molar-refractivity contribution in [2.75, 3.05) is 5.32 Å². The van der Waals surface area contributed by atoms with Crippen LogP contribution in [-0.4, -0.2) is 20.7 Å². The van der Waals surface area contributed by atoms with E-state index in [0.29, 0.717) is 28.8 Å². The molecule has 2 heterocycles. The average molecular weight is 349 g/mol. The lowest BCUT2D eigenvalue weighted by Crippen LogP contribution is -2.12. The Hall–Kier alpha value is -2.38. The van der Waals surface area contributed by atoms with Gasteiger partial charge >= 0.3 is 0 Å². The van der Waals surface area contributed by atoms with Gasteiger partial charge in [0.05, 0.1) is 11.9 Å². The molecule has 2 aromatic heterocycles. The van der Waals surface area contributed by atoms with Crippen LogP contribution < -0.4 is 10.1 Å². The number of carbonyl (C=O) groups is 1. The van der Waals surface area contributed by atoms with E-state index in [9.17, 15) is 4.79 Å². The van der Waals surface area contributed by atoms with Gasteiger partial charge in [0, 0.05) is 23.6 Å². The smallest absolute Gasteiger partial charge is 0.275 e. The summed E-state index contributed by atoms with van der Waals surface area (Å²) in [5.74, 6) is 0.429. The van der Waals surface area contributed by atoms with Crippen LogP contribution in [0.1, 0.15) is 15.5 Å². The lowest BCUT2D eigenvalue weighted by atomic mass is 10.3. The first-order valence-corrected chi connectivity index (χ1v) is 7.99. The lowest BCUT2D eigenvalue weighted by Gasteiger charge is -2.03. The number of aryl methyl sites for hydroxylation is 1. The van der Waals surface area contributed by atoms with E-state index >= 15 is 0 Å². The Morgan fingerprint density at radius 1 is 1.39 bits per heavy atom. The minimum absolute atomic E-state index is 0.271. The monoisotopic (exact) mass is 348 g/mol. The number of hydrogen-bond donors (Lipinski definition) is 1. The molecule has 0 atom stereocenters. The van der Waals surface area contributed by atoms with Crippen LogP contribution in [0.5, 0.6) is 5.75 Å². The third-order valence-electron chi connectivity index (χ3n) is 2.92. The molecule has 0 unspecified atom stereocenters. The molecular weight excluding hydrogens is 336 g/mol. The molecule has 0 aliphatic heterocycles. The van der Waals surface area contributed by atoms with Crippen LogP contribution in [0.2, 0.25) is 5.02 Å². The summed E-state index contributed by atoms with van der Waals surface area (Å²) in [5, 5.41) is 9.80. The largest absolute Gasteiger partial charge is 0.486 e. The Morgan fingerprint density at radius 3 is 2.87 bits per heavy atom. The number of nitrogens with one attached hydrogen (secondary N) is 1. The van der Waals surface area contributed by atoms with Crippen LogP contribution in [0.3, 0.4) is 0 Å². The molecule has 1 amide bonds. The van der Waals surface area contributed by atoms with Crippen LogP contribution in [0.4, 0.5) is 5.69 Å². The molecule has 23 heavy (non-hydrogen) atoms. The van der Waals surface area contributed by atoms with Gasteiger partial charge in [-0.25, -0.2) is 4.98 Å². The predicted octanol–water partition coefficient (Wildman–Crippen LogP) is 3.36. The fourth-order valence-corrected chi connectivity index (χ4v) is 2.65. The van der Waals surface area contributed by atoms with Gasteiger partial charge in [-0.1, -0.05) is 11.6 Å². The molecule has 0 saturated carbocycles. The van der Waals surface area contributed by atoms with E-state index in [1.54, 1.807) is 53.8 Å². The highest BCUT2D eigenvalue weighted by atomic mass is 35.5. The van der Waals surface area contributed by atoms with Gasteiger partial charge in [0.15, 0.2) is 0 Å². The molecule has 1 aromatic carbocycles.